The summed E-state index contributed by atoms with van der Waals surface area (Å²) >= 11 is 0. The molecule has 1 N–H and O–H groups in total. The normalized spacial score (nSPS) is 19.3. The van der Waals surface area contributed by atoms with Gasteiger partial charge in [-0.2, -0.15) is 18.3 Å². The number of alkyl halides is 3. The van der Waals surface area contributed by atoms with Crippen LogP contribution < -0.4 is 5.32 Å². The number of hydrogen-bond acceptors (Lipinski definition) is 3. The smallest absolute Gasteiger partial charge is 0.314 e. The lowest BCUT2D eigenvalue weighted by Crippen LogP contribution is -2.45. The quantitative estimate of drug-likeness (QED) is 0.918. The highest BCUT2D eigenvalue weighted by molar-refractivity contribution is 5.27. The van der Waals surface area contributed by atoms with E-state index in [1.54, 1.807) is 0 Å². The summed E-state index contributed by atoms with van der Waals surface area (Å²) < 4.78 is 40.8. The van der Waals surface area contributed by atoms with Crippen LogP contribution in [0.5, 0.6) is 0 Å². The lowest BCUT2D eigenvalue weighted by atomic mass is 10.00. The van der Waals surface area contributed by atoms with Gasteiger partial charge in [-0.1, -0.05) is 31.2 Å². The number of benzene rings is 1. The maximum Gasteiger partial charge on any atom is 0.433 e. The van der Waals surface area contributed by atoms with Crippen LogP contribution in [-0.4, -0.2) is 34.3 Å². The predicted octanol–water partition coefficient (Wildman–Crippen LogP) is 3.15. The van der Waals surface area contributed by atoms with Crippen LogP contribution in [0.15, 0.2) is 30.5 Å². The maximum atomic E-state index is 13.3. The van der Waals surface area contributed by atoms with Crippen molar-refractivity contribution < 1.29 is 13.2 Å². The second-order valence-electron chi connectivity index (χ2n) is 6.43. The Bertz CT molecular complexity index is 706. The largest absolute Gasteiger partial charge is 0.433 e. The van der Waals surface area contributed by atoms with E-state index in [2.05, 4.69) is 46.5 Å². The van der Waals surface area contributed by atoms with Crippen LogP contribution in [0.1, 0.15) is 35.3 Å². The van der Waals surface area contributed by atoms with Crippen molar-refractivity contribution in [3.63, 3.8) is 0 Å². The molecule has 136 valence electrons. The zero-order chi connectivity index (χ0) is 18.0. The average Bonchev–Trinajstić information content (AvgIpc) is 2.96. The molecule has 0 radical (unpaired) electrons. The zero-order valence-electron chi connectivity index (χ0n) is 14.5. The van der Waals surface area contributed by atoms with Crippen LogP contribution in [-0.2, 0) is 26.2 Å². The van der Waals surface area contributed by atoms with E-state index in [4.69, 9.17) is 0 Å². The number of piperazine rings is 1. The molecule has 1 atom stereocenters. The van der Waals surface area contributed by atoms with Gasteiger partial charge in [-0.05, 0) is 17.5 Å². The summed E-state index contributed by atoms with van der Waals surface area (Å²) in [7, 11) is 1.34. The second-order valence-corrected chi connectivity index (χ2v) is 6.43. The van der Waals surface area contributed by atoms with Gasteiger partial charge in [-0.3, -0.25) is 9.58 Å². The van der Waals surface area contributed by atoms with Crippen molar-refractivity contribution >= 4 is 0 Å². The molecule has 4 nitrogen and oxygen atoms in total. The van der Waals surface area contributed by atoms with Crippen LogP contribution in [0, 0.1) is 0 Å². The van der Waals surface area contributed by atoms with Gasteiger partial charge in [0.2, 0.25) is 0 Å². The zero-order valence-corrected chi connectivity index (χ0v) is 14.5. The molecular weight excluding hydrogens is 329 g/mol. The summed E-state index contributed by atoms with van der Waals surface area (Å²) in [5, 5.41) is 7.17. The van der Waals surface area contributed by atoms with Crippen LogP contribution in [0.3, 0.4) is 0 Å². The third-order valence-corrected chi connectivity index (χ3v) is 4.78. The molecule has 0 saturated carbocycles. The molecule has 7 heteroatoms. The van der Waals surface area contributed by atoms with E-state index < -0.39 is 11.9 Å². The highest BCUT2D eigenvalue weighted by atomic mass is 19.4. The molecule has 2 aromatic rings. The molecule has 1 fully saturated rings. The standard InChI is InChI=1S/C18H23F3N4/c1-3-13-4-6-14(7-5-13)16-11-22-8-9-25(16)12-15-10-23-24(2)17(15)18(19,20)21/h4-7,10,16,22H,3,8-9,11-12H2,1-2H3. The molecule has 0 amide bonds. The predicted molar refractivity (Wildman–Crippen MR) is 90.1 cm³/mol. The summed E-state index contributed by atoms with van der Waals surface area (Å²) in [5.74, 6) is 0. The second kappa shape index (κ2) is 7.17. The first kappa shape index (κ1) is 17.9. The Morgan fingerprint density at radius 2 is 1.96 bits per heavy atom. The van der Waals surface area contributed by atoms with E-state index in [9.17, 15) is 13.2 Å². The number of aryl methyl sites for hydroxylation is 2. The Balaban J connectivity index is 1.85. The molecule has 0 aliphatic carbocycles. The summed E-state index contributed by atoms with van der Waals surface area (Å²) in [6, 6.07) is 8.40. The van der Waals surface area contributed by atoms with Gasteiger partial charge in [0.25, 0.3) is 0 Å². The third-order valence-electron chi connectivity index (χ3n) is 4.78. The van der Waals surface area contributed by atoms with Gasteiger partial charge in [0, 0.05) is 44.8 Å². The Morgan fingerprint density at radius 3 is 2.60 bits per heavy atom. The number of aromatic nitrogens is 2. The van der Waals surface area contributed by atoms with E-state index in [1.807, 2.05) is 0 Å². The van der Waals surface area contributed by atoms with E-state index in [1.165, 1.54) is 18.8 Å². The molecule has 1 aliphatic rings. The minimum atomic E-state index is -4.40. The van der Waals surface area contributed by atoms with Gasteiger partial charge < -0.3 is 5.32 Å². The van der Waals surface area contributed by atoms with Gasteiger partial charge in [-0.25, -0.2) is 0 Å². The Kier molecular flexibility index (Phi) is 5.15. The van der Waals surface area contributed by atoms with Crippen LogP contribution >= 0.6 is 0 Å². The lowest BCUT2D eigenvalue weighted by molar-refractivity contribution is -0.144. The highest BCUT2D eigenvalue weighted by Gasteiger charge is 2.38. The molecule has 1 aliphatic heterocycles. The molecule has 0 bridgehead atoms. The summed E-state index contributed by atoms with van der Waals surface area (Å²) in [5.41, 5.74) is 1.95. The number of halogens is 3. The fourth-order valence-corrected chi connectivity index (χ4v) is 3.42. The number of rotatable bonds is 4. The molecule has 1 saturated heterocycles. The summed E-state index contributed by atoms with van der Waals surface area (Å²) in [4.78, 5) is 2.10. The van der Waals surface area contributed by atoms with Gasteiger partial charge in [0.1, 0.15) is 5.69 Å². The molecule has 1 aromatic carbocycles. The fraction of sp³-hybridized carbons (Fsp3) is 0.500. The highest BCUT2D eigenvalue weighted by Crippen LogP contribution is 2.33. The van der Waals surface area contributed by atoms with Crippen molar-refractivity contribution in [3.8, 4) is 0 Å². The molecule has 0 spiro atoms. The van der Waals surface area contributed by atoms with E-state index in [0.29, 0.717) is 6.54 Å². The lowest BCUT2D eigenvalue weighted by Gasteiger charge is -2.36. The summed E-state index contributed by atoms with van der Waals surface area (Å²) in [6.45, 7) is 4.54. The van der Waals surface area contributed by atoms with Gasteiger partial charge in [0.15, 0.2) is 0 Å². The van der Waals surface area contributed by atoms with E-state index in [-0.39, 0.29) is 18.2 Å². The molecule has 2 heterocycles. The van der Waals surface area contributed by atoms with Crippen LogP contribution in [0.2, 0.25) is 0 Å². The monoisotopic (exact) mass is 352 g/mol. The van der Waals surface area contributed by atoms with Crippen molar-refractivity contribution in [1.82, 2.24) is 20.0 Å². The van der Waals surface area contributed by atoms with Crippen molar-refractivity contribution in [1.29, 1.82) is 0 Å². The SMILES string of the molecule is CCc1ccc(C2CNCCN2Cc2cnn(C)c2C(F)(F)F)cc1. The Morgan fingerprint density at radius 1 is 1.24 bits per heavy atom. The topological polar surface area (TPSA) is 33.1 Å². The van der Waals surface area contributed by atoms with Gasteiger partial charge in [-0.15, -0.1) is 0 Å². The van der Waals surface area contributed by atoms with Gasteiger partial charge in [0.05, 0.1) is 6.20 Å². The minimum Gasteiger partial charge on any atom is -0.314 e. The third kappa shape index (κ3) is 3.88. The Labute approximate surface area is 145 Å². The number of nitrogens with one attached hydrogen (secondary N) is 1. The molecule has 25 heavy (non-hydrogen) atoms. The number of hydrogen-bond donors (Lipinski definition) is 1. The number of nitrogens with zero attached hydrogens (tertiary/aromatic N) is 3. The van der Waals surface area contributed by atoms with Crippen molar-refractivity contribution in [2.24, 2.45) is 7.05 Å². The van der Waals surface area contributed by atoms with Gasteiger partial charge >= 0.3 is 6.18 Å². The molecule has 1 unspecified atom stereocenters. The maximum absolute atomic E-state index is 13.3. The van der Waals surface area contributed by atoms with Crippen molar-refractivity contribution in [3.05, 3.63) is 52.8 Å². The molecule has 3 rings (SSSR count). The molecule has 1 aromatic heterocycles. The first-order valence-corrected chi connectivity index (χ1v) is 8.51. The van der Waals surface area contributed by atoms with E-state index in [0.717, 1.165) is 29.8 Å². The fourth-order valence-electron chi connectivity index (χ4n) is 3.42. The van der Waals surface area contributed by atoms with Crippen LogP contribution in [0.4, 0.5) is 13.2 Å². The van der Waals surface area contributed by atoms with Crippen molar-refractivity contribution in [2.75, 3.05) is 19.6 Å². The van der Waals surface area contributed by atoms with Crippen molar-refractivity contribution in [2.45, 2.75) is 32.1 Å². The first-order chi connectivity index (χ1) is 11.9. The first-order valence-electron chi connectivity index (χ1n) is 8.51. The van der Waals surface area contributed by atoms with Crippen LogP contribution in [0.25, 0.3) is 0 Å². The summed E-state index contributed by atoms with van der Waals surface area (Å²) in [6.07, 6.45) is -2.09. The van der Waals surface area contributed by atoms with E-state index >= 15 is 0 Å². The molecular formula is C18H23F3N4. The minimum absolute atomic E-state index is 0.0564. The average molecular weight is 352 g/mol. The Hall–Kier alpha value is -1.86.